The number of ether oxygens (including phenoxy) is 1. The Kier molecular flexibility index (Phi) is 5.22. The molecule has 0 aliphatic carbocycles. The minimum Gasteiger partial charge on any atom is -0.377 e. The third-order valence-electron chi connectivity index (χ3n) is 3.88. The number of morpholine rings is 1. The van der Waals surface area contributed by atoms with Crippen LogP contribution in [0.5, 0.6) is 0 Å². The van der Waals surface area contributed by atoms with Gasteiger partial charge in [-0.3, -0.25) is 9.59 Å². The minimum atomic E-state index is -0.250. The second-order valence-corrected chi connectivity index (χ2v) is 6.64. The summed E-state index contributed by atoms with van der Waals surface area (Å²) in [7, 11) is 0. The third kappa shape index (κ3) is 3.80. The Balaban J connectivity index is 1.56. The highest BCUT2D eigenvalue weighted by Gasteiger charge is 2.27. The number of benzene rings is 1. The van der Waals surface area contributed by atoms with Crippen molar-refractivity contribution in [2.45, 2.75) is 19.0 Å². The van der Waals surface area contributed by atoms with E-state index in [9.17, 15) is 9.59 Å². The van der Waals surface area contributed by atoms with Crippen LogP contribution in [0.4, 0.5) is 0 Å². The molecule has 1 aliphatic rings. The van der Waals surface area contributed by atoms with E-state index in [-0.39, 0.29) is 24.3 Å². The predicted octanol–water partition coefficient (Wildman–Crippen LogP) is 1.72. The molecule has 3 rings (SSSR count). The Hall–Kier alpha value is -2.25. The molecule has 7 heteroatoms. The van der Waals surface area contributed by atoms with Crippen LogP contribution >= 0.6 is 11.3 Å². The lowest BCUT2D eigenvalue weighted by Gasteiger charge is -2.34. The number of nitrogens with one attached hydrogen (secondary N) is 1. The van der Waals surface area contributed by atoms with E-state index >= 15 is 0 Å². The van der Waals surface area contributed by atoms with Crippen LogP contribution in [0, 0.1) is 0 Å². The number of thiazole rings is 1. The monoisotopic (exact) mass is 345 g/mol. The first-order chi connectivity index (χ1) is 11.7. The number of carbonyl (C=O) groups excluding carboxylic acids is 2. The van der Waals surface area contributed by atoms with Crippen molar-refractivity contribution in [1.82, 2.24) is 15.2 Å². The Labute approximate surface area is 144 Å². The molecule has 6 nitrogen and oxygen atoms in total. The quantitative estimate of drug-likeness (QED) is 0.838. The molecule has 1 saturated heterocycles. The zero-order valence-electron chi connectivity index (χ0n) is 13.2. The van der Waals surface area contributed by atoms with Gasteiger partial charge < -0.3 is 15.0 Å². The maximum absolute atomic E-state index is 12.2. The first-order valence-electron chi connectivity index (χ1n) is 7.79. The van der Waals surface area contributed by atoms with Gasteiger partial charge in [-0.25, -0.2) is 4.98 Å². The number of nitrogens with zero attached hydrogens (tertiary/aromatic N) is 2. The van der Waals surface area contributed by atoms with Crippen LogP contribution in [-0.4, -0.2) is 47.5 Å². The molecule has 2 heterocycles. The Morgan fingerprint density at radius 3 is 3.08 bits per heavy atom. The molecule has 1 unspecified atom stereocenters. The van der Waals surface area contributed by atoms with Gasteiger partial charge in [0.15, 0.2) is 0 Å². The third-order valence-corrected chi connectivity index (χ3v) is 4.92. The van der Waals surface area contributed by atoms with Crippen LogP contribution in [-0.2, 0) is 20.9 Å². The molecule has 0 saturated carbocycles. The lowest BCUT2D eigenvalue weighted by molar-refractivity contribution is -0.137. The van der Waals surface area contributed by atoms with Gasteiger partial charge in [-0.2, -0.15) is 0 Å². The van der Waals surface area contributed by atoms with E-state index in [2.05, 4.69) is 16.9 Å². The average Bonchev–Trinajstić information content (AvgIpc) is 3.03. The summed E-state index contributed by atoms with van der Waals surface area (Å²) in [4.78, 5) is 30.2. The Morgan fingerprint density at radius 1 is 1.46 bits per heavy atom. The first kappa shape index (κ1) is 16.6. The minimum absolute atomic E-state index is 0.119. The van der Waals surface area contributed by atoms with Gasteiger partial charge in [0, 0.05) is 13.0 Å². The summed E-state index contributed by atoms with van der Waals surface area (Å²) < 4.78 is 6.49. The van der Waals surface area contributed by atoms with Gasteiger partial charge in [-0.1, -0.05) is 18.7 Å². The number of rotatable bonds is 5. The van der Waals surface area contributed by atoms with Gasteiger partial charge in [0.05, 0.1) is 36.0 Å². The molecule has 1 N–H and O–H groups in total. The van der Waals surface area contributed by atoms with Gasteiger partial charge in [-0.05, 0) is 18.2 Å². The van der Waals surface area contributed by atoms with Gasteiger partial charge in [0.1, 0.15) is 5.01 Å². The van der Waals surface area contributed by atoms with Crippen molar-refractivity contribution < 1.29 is 14.3 Å². The fraction of sp³-hybridized carbons (Fsp3) is 0.353. The SMILES string of the molecule is C=CC(=O)N1CCOCC1CC(=O)NCc1nc2ccccc2s1. The van der Waals surface area contributed by atoms with E-state index in [1.807, 2.05) is 24.3 Å². The number of fused-ring (bicyclic) bond motifs is 1. The standard InChI is InChI=1S/C17H19N3O3S/c1-2-17(22)20-7-8-23-11-12(20)9-15(21)18-10-16-19-13-5-3-4-6-14(13)24-16/h2-6,12H,1,7-11H2,(H,18,21). The first-order valence-corrected chi connectivity index (χ1v) is 8.61. The molecular weight excluding hydrogens is 326 g/mol. The Bertz CT molecular complexity index is 725. The number of aromatic nitrogens is 1. The van der Waals surface area contributed by atoms with Crippen LogP contribution in [0.2, 0.25) is 0 Å². The van der Waals surface area contributed by atoms with Crippen LogP contribution in [0.15, 0.2) is 36.9 Å². The molecule has 2 amide bonds. The lowest BCUT2D eigenvalue weighted by Crippen LogP contribution is -2.49. The molecule has 0 bridgehead atoms. The van der Waals surface area contributed by atoms with Crippen molar-refractivity contribution in [2.75, 3.05) is 19.8 Å². The van der Waals surface area contributed by atoms with E-state index in [1.54, 1.807) is 16.2 Å². The fourth-order valence-corrected chi connectivity index (χ4v) is 3.59. The molecule has 24 heavy (non-hydrogen) atoms. The van der Waals surface area contributed by atoms with E-state index in [1.165, 1.54) is 6.08 Å². The summed E-state index contributed by atoms with van der Waals surface area (Å²) in [5, 5.41) is 3.74. The maximum atomic E-state index is 12.2. The summed E-state index contributed by atoms with van der Waals surface area (Å²) in [6, 6.07) is 7.63. The van der Waals surface area contributed by atoms with Crippen molar-refractivity contribution in [2.24, 2.45) is 0 Å². The van der Waals surface area contributed by atoms with Gasteiger partial charge in [0.25, 0.3) is 0 Å². The molecule has 1 aromatic heterocycles. The summed E-state index contributed by atoms with van der Waals surface area (Å²) in [5.74, 6) is -0.283. The average molecular weight is 345 g/mol. The summed E-state index contributed by atoms with van der Waals surface area (Å²) >= 11 is 1.57. The topological polar surface area (TPSA) is 71.5 Å². The largest absolute Gasteiger partial charge is 0.377 e. The fourth-order valence-electron chi connectivity index (χ4n) is 2.69. The molecule has 1 aromatic carbocycles. The number of amides is 2. The smallest absolute Gasteiger partial charge is 0.246 e. The maximum Gasteiger partial charge on any atom is 0.246 e. The van der Waals surface area contributed by atoms with Crippen LogP contribution < -0.4 is 5.32 Å². The highest BCUT2D eigenvalue weighted by molar-refractivity contribution is 7.18. The van der Waals surface area contributed by atoms with Crippen molar-refractivity contribution in [3.8, 4) is 0 Å². The summed E-state index contributed by atoms with van der Waals surface area (Å²) in [6.45, 7) is 5.24. The lowest BCUT2D eigenvalue weighted by atomic mass is 10.1. The molecule has 0 radical (unpaired) electrons. The summed E-state index contributed by atoms with van der Waals surface area (Å²) in [5.41, 5.74) is 0.940. The number of carbonyl (C=O) groups is 2. The molecule has 1 fully saturated rings. The number of hydrogen-bond donors (Lipinski definition) is 1. The second kappa shape index (κ2) is 7.55. The highest BCUT2D eigenvalue weighted by atomic mass is 32.1. The van der Waals surface area contributed by atoms with Crippen molar-refractivity contribution in [3.05, 3.63) is 41.9 Å². The van der Waals surface area contributed by atoms with E-state index in [0.717, 1.165) is 15.2 Å². The van der Waals surface area contributed by atoms with Crippen molar-refractivity contribution in [3.63, 3.8) is 0 Å². The molecule has 1 atom stereocenters. The van der Waals surface area contributed by atoms with Crippen molar-refractivity contribution >= 4 is 33.4 Å². The van der Waals surface area contributed by atoms with E-state index in [4.69, 9.17) is 4.74 Å². The molecule has 0 spiro atoms. The zero-order chi connectivity index (χ0) is 16.9. The molecule has 1 aliphatic heterocycles. The number of hydrogen-bond acceptors (Lipinski definition) is 5. The van der Waals surface area contributed by atoms with Gasteiger partial charge in [0.2, 0.25) is 11.8 Å². The highest BCUT2D eigenvalue weighted by Crippen LogP contribution is 2.21. The van der Waals surface area contributed by atoms with Crippen LogP contribution in [0.3, 0.4) is 0 Å². The molecule has 2 aromatic rings. The van der Waals surface area contributed by atoms with Crippen molar-refractivity contribution in [1.29, 1.82) is 0 Å². The summed E-state index contributed by atoms with van der Waals surface area (Å²) in [6.07, 6.45) is 1.49. The Morgan fingerprint density at radius 2 is 2.29 bits per heavy atom. The van der Waals surface area contributed by atoms with Gasteiger partial charge in [-0.15, -0.1) is 11.3 Å². The molecule has 126 valence electrons. The second-order valence-electron chi connectivity index (χ2n) is 5.52. The normalized spacial score (nSPS) is 17.7. The van der Waals surface area contributed by atoms with Gasteiger partial charge >= 0.3 is 0 Å². The van der Waals surface area contributed by atoms with Crippen LogP contribution in [0.25, 0.3) is 10.2 Å². The zero-order valence-corrected chi connectivity index (χ0v) is 14.1. The number of para-hydroxylation sites is 1. The van der Waals surface area contributed by atoms with Crippen LogP contribution in [0.1, 0.15) is 11.4 Å². The van der Waals surface area contributed by atoms with E-state index < -0.39 is 0 Å². The molecular formula is C17H19N3O3S. The van der Waals surface area contributed by atoms with E-state index in [0.29, 0.717) is 26.3 Å². The predicted molar refractivity (Wildman–Crippen MR) is 92.6 cm³/mol.